The van der Waals surface area contributed by atoms with Gasteiger partial charge >= 0.3 is 0 Å². The molecule has 3 heterocycles. The molecule has 0 radical (unpaired) electrons. The number of para-hydroxylation sites is 1. The molecule has 0 N–H and O–H groups in total. The minimum Gasteiger partial charge on any atom is -0.456 e. The SMILES string of the molecule is c1ccc(-c2nc(-c3ccc4c(c3)oc3ccccc34)cc(-c3cccc4c3Sc3ccccc3C43c4ccccc4-c4ccccc43)n2)cc1. The van der Waals surface area contributed by atoms with E-state index in [4.69, 9.17) is 14.4 Å². The van der Waals surface area contributed by atoms with Crippen molar-refractivity contribution in [2.75, 3.05) is 0 Å². The lowest BCUT2D eigenvalue weighted by Gasteiger charge is -2.40. The summed E-state index contributed by atoms with van der Waals surface area (Å²) < 4.78 is 6.32. The highest BCUT2D eigenvalue weighted by atomic mass is 32.2. The molecule has 0 atom stereocenters. The maximum atomic E-state index is 6.32. The normalized spacial score (nSPS) is 13.6. The van der Waals surface area contributed by atoms with E-state index in [1.807, 2.05) is 42.1 Å². The zero-order chi connectivity index (χ0) is 33.5. The minimum absolute atomic E-state index is 0.454. The Morgan fingerprint density at radius 3 is 1.88 bits per heavy atom. The first-order chi connectivity index (χ1) is 25.3. The molecule has 0 unspecified atom stereocenters. The van der Waals surface area contributed by atoms with Crippen LogP contribution in [0.3, 0.4) is 0 Å². The van der Waals surface area contributed by atoms with Crippen LogP contribution >= 0.6 is 11.8 Å². The Morgan fingerprint density at radius 2 is 1.06 bits per heavy atom. The van der Waals surface area contributed by atoms with Gasteiger partial charge in [-0.3, -0.25) is 0 Å². The number of aromatic nitrogens is 2. The quantitative estimate of drug-likeness (QED) is 0.188. The predicted molar refractivity (Wildman–Crippen MR) is 207 cm³/mol. The van der Waals surface area contributed by atoms with Gasteiger partial charge in [-0.15, -0.1) is 0 Å². The van der Waals surface area contributed by atoms with E-state index in [0.717, 1.165) is 50.0 Å². The lowest BCUT2D eigenvalue weighted by Crippen LogP contribution is -2.32. The standard InChI is InChI=1S/C47H28N2OS/c1-2-13-29(14-3-1)46-48-40(30-25-26-34-33-17-6-10-23-42(33)50-43(34)27-30)28-41(49-46)35-18-12-22-39-45(35)51-44-24-11-9-21-38(44)47(39)36-19-7-4-15-31(36)32-16-5-8-20-37(32)47/h1-28H. The van der Waals surface area contributed by atoms with E-state index in [1.165, 1.54) is 43.2 Å². The third-order valence-corrected chi connectivity index (χ3v) is 11.8. The van der Waals surface area contributed by atoms with Crippen LogP contribution in [0.4, 0.5) is 0 Å². The fourth-order valence-corrected chi connectivity index (χ4v) is 9.73. The number of hydrogen-bond donors (Lipinski definition) is 0. The van der Waals surface area contributed by atoms with E-state index in [-0.39, 0.29) is 0 Å². The highest BCUT2D eigenvalue weighted by molar-refractivity contribution is 7.99. The maximum Gasteiger partial charge on any atom is 0.160 e. The van der Waals surface area contributed by atoms with Crippen LogP contribution in [0.25, 0.3) is 67.0 Å². The first-order valence-electron chi connectivity index (χ1n) is 17.2. The van der Waals surface area contributed by atoms with Gasteiger partial charge in [-0.1, -0.05) is 151 Å². The first-order valence-corrected chi connectivity index (χ1v) is 18.1. The fourth-order valence-electron chi connectivity index (χ4n) is 8.41. The number of rotatable bonds is 3. The van der Waals surface area contributed by atoms with Gasteiger partial charge in [0.15, 0.2) is 5.82 Å². The van der Waals surface area contributed by atoms with Crippen LogP contribution < -0.4 is 0 Å². The number of fused-ring (bicyclic) bond motifs is 12. The van der Waals surface area contributed by atoms with Crippen LogP contribution in [0, 0.1) is 0 Å². The molecule has 3 nitrogen and oxygen atoms in total. The van der Waals surface area contributed by atoms with Crippen molar-refractivity contribution in [3.8, 4) is 45.0 Å². The average molecular weight is 669 g/mol. The summed E-state index contributed by atoms with van der Waals surface area (Å²) in [5.74, 6) is 0.692. The fraction of sp³-hybridized carbons (Fsp3) is 0.0213. The number of nitrogens with zero attached hydrogens (tertiary/aromatic N) is 2. The molecule has 4 heteroatoms. The molecule has 11 rings (SSSR count). The Bertz CT molecular complexity index is 2810. The Kier molecular flexibility index (Phi) is 6.10. The molecule has 0 saturated heterocycles. The van der Waals surface area contributed by atoms with Gasteiger partial charge in [0.25, 0.3) is 0 Å². The van der Waals surface area contributed by atoms with E-state index < -0.39 is 5.41 Å². The lowest BCUT2D eigenvalue weighted by molar-refractivity contribution is 0.669. The van der Waals surface area contributed by atoms with Crippen molar-refractivity contribution < 1.29 is 4.42 Å². The van der Waals surface area contributed by atoms with E-state index in [2.05, 4.69) is 140 Å². The molecule has 1 aliphatic heterocycles. The first kappa shape index (κ1) is 28.6. The third-order valence-electron chi connectivity index (χ3n) is 10.6. The van der Waals surface area contributed by atoms with Gasteiger partial charge in [-0.05, 0) is 63.7 Å². The van der Waals surface area contributed by atoms with Crippen molar-refractivity contribution in [2.45, 2.75) is 15.2 Å². The van der Waals surface area contributed by atoms with Gasteiger partial charge in [0.05, 0.1) is 16.8 Å². The number of benzene rings is 7. The second-order valence-corrected chi connectivity index (χ2v) is 14.3. The van der Waals surface area contributed by atoms with Gasteiger partial charge in [0.1, 0.15) is 11.2 Å². The Hall–Kier alpha value is -6.23. The molecule has 7 aromatic carbocycles. The molecule has 1 spiro atoms. The average Bonchev–Trinajstić information content (AvgIpc) is 3.72. The van der Waals surface area contributed by atoms with Crippen LogP contribution in [0.1, 0.15) is 22.3 Å². The lowest BCUT2D eigenvalue weighted by atomic mass is 9.67. The van der Waals surface area contributed by atoms with Crippen LogP contribution in [0.2, 0.25) is 0 Å². The summed E-state index contributed by atoms with van der Waals surface area (Å²) in [5.41, 5.74) is 13.9. The molecule has 0 fully saturated rings. The largest absolute Gasteiger partial charge is 0.456 e. The maximum absolute atomic E-state index is 6.32. The van der Waals surface area contributed by atoms with Crippen LogP contribution in [0.15, 0.2) is 184 Å². The molecule has 1 aliphatic carbocycles. The van der Waals surface area contributed by atoms with Gasteiger partial charge in [-0.25, -0.2) is 9.97 Å². The summed E-state index contributed by atoms with van der Waals surface area (Å²) in [6, 6.07) is 60.6. The zero-order valence-electron chi connectivity index (χ0n) is 27.4. The van der Waals surface area contributed by atoms with Crippen molar-refractivity contribution in [3.05, 3.63) is 192 Å². The molecule has 0 bridgehead atoms. The molecule has 238 valence electrons. The Labute approximate surface area is 299 Å². The zero-order valence-corrected chi connectivity index (χ0v) is 28.2. The molecule has 9 aromatic rings. The van der Waals surface area contributed by atoms with Gasteiger partial charge in [0, 0.05) is 37.3 Å². The minimum atomic E-state index is -0.454. The topological polar surface area (TPSA) is 38.9 Å². The Balaban J connectivity index is 1.17. The van der Waals surface area contributed by atoms with Crippen molar-refractivity contribution >= 4 is 33.7 Å². The molecule has 0 saturated carbocycles. The van der Waals surface area contributed by atoms with E-state index in [1.54, 1.807) is 0 Å². The molecule has 2 aliphatic rings. The third kappa shape index (κ3) is 4.08. The number of hydrogen-bond acceptors (Lipinski definition) is 4. The van der Waals surface area contributed by atoms with E-state index >= 15 is 0 Å². The summed E-state index contributed by atoms with van der Waals surface area (Å²) in [5, 5.41) is 2.21. The van der Waals surface area contributed by atoms with Crippen molar-refractivity contribution in [1.29, 1.82) is 0 Å². The van der Waals surface area contributed by atoms with Crippen LogP contribution in [-0.2, 0) is 5.41 Å². The second kappa shape index (κ2) is 10.9. The Morgan fingerprint density at radius 1 is 0.431 bits per heavy atom. The monoisotopic (exact) mass is 668 g/mol. The predicted octanol–water partition coefficient (Wildman–Crippen LogP) is 12.2. The summed E-state index contributed by atoms with van der Waals surface area (Å²) in [6.07, 6.45) is 0. The highest BCUT2D eigenvalue weighted by Crippen LogP contribution is 2.63. The van der Waals surface area contributed by atoms with Crippen LogP contribution in [0.5, 0.6) is 0 Å². The molecule has 0 amide bonds. The van der Waals surface area contributed by atoms with E-state index in [9.17, 15) is 0 Å². The molecular formula is C47H28N2OS. The van der Waals surface area contributed by atoms with Crippen molar-refractivity contribution in [3.63, 3.8) is 0 Å². The summed E-state index contributed by atoms with van der Waals surface area (Å²) >= 11 is 1.85. The van der Waals surface area contributed by atoms with Crippen LogP contribution in [-0.4, -0.2) is 9.97 Å². The van der Waals surface area contributed by atoms with Gasteiger partial charge in [0.2, 0.25) is 0 Å². The molecule has 51 heavy (non-hydrogen) atoms. The highest BCUT2D eigenvalue weighted by Gasteiger charge is 2.50. The summed E-state index contributed by atoms with van der Waals surface area (Å²) in [4.78, 5) is 13.0. The molecule has 2 aromatic heterocycles. The van der Waals surface area contributed by atoms with Crippen molar-refractivity contribution in [2.24, 2.45) is 0 Å². The van der Waals surface area contributed by atoms with Crippen molar-refractivity contribution in [1.82, 2.24) is 9.97 Å². The number of furan rings is 1. The van der Waals surface area contributed by atoms with Gasteiger partial charge < -0.3 is 4.42 Å². The second-order valence-electron chi connectivity index (χ2n) is 13.3. The van der Waals surface area contributed by atoms with Gasteiger partial charge in [-0.2, -0.15) is 0 Å². The summed E-state index contributed by atoms with van der Waals surface area (Å²) in [7, 11) is 0. The summed E-state index contributed by atoms with van der Waals surface area (Å²) in [6.45, 7) is 0. The molecular weight excluding hydrogens is 641 g/mol. The van der Waals surface area contributed by atoms with E-state index in [0.29, 0.717) is 5.82 Å². The smallest absolute Gasteiger partial charge is 0.160 e.